The molecule has 0 spiro atoms. The third-order valence-electron chi connectivity index (χ3n) is 8.45. The van der Waals surface area contributed by atoms with Gasteiger partial charge in [0.1, 0.15) is 4.90 Å². The van der Waals surface area contributed by atoms with Crippen LogP contribution in [0, 0.1) is 6.92 Å². The summed E-state index contributed by atoms with van der Waals surface area (Å²) in [7, 11) is -4.04. The molecule has 1 aliphatic carbocycles. The third-order valence-corrected chi connectivity index (χ3v) is 9.89. The van der Waals surface area contributed by atoms with Crippen molar-refractivity contribution >= 4 is 39.3 Å². The molecular weight excluding hydrogens is 628 g/mol. The quantitative estimate of drug-likeness (QED) is 0.110. The second-order valence-corrected chi connectivity index (χ2v) is 13.7. The summed E-state index contributed by atoms with van der Waals surface area (Å²) in [6.07, 6.45) is 5.81. The molecule has 0 radical (unpaired) electrons. The topological polar surface area (TPSA) is 154 Å². The van der Waals surface area contributed by atoms with E-state index in [0.717, 1.165) is 24.0 Å². The first kappa shape index (κ1) is 34.2. The lowest BCUT2D eigenvalue weighted by Crippen LogP contribution is -2.34. The van der Waals surface area contributed by atoms with Gasteiger partial charge in [-0.3, -0.25) is 14.3 Å². The zero-order chi connectivity index (χ0) is 34.1. The zero-order valence-corrected chi connectivity index (χ0v) is 27.6. The minimum atomic E-state index is -4.04. The number of carboxylic acids is 1. The summed E-state index contributed by atoms with van der Waals surface area (Å²) in [5, 5.41) is 17.2. The molecule has 3 amide bonds. The number of nitrogens with one attached hydrogen (secondary N) is 4. The molecule has 10 nitrogen and oxygen atoms in total. The number of aliphatic carboxylic acids is 1. The van der Waals surface area contributed by atoms with Crippen molar-refractivity contribution in [2.45, 2.75) is 62.3 Å². The Labute approximate surface area is 281 Å². The Kier molecular flexibility index (Phi) is 11.1. The van der Waals surface area contributed by atoms with Gasteiger partial charge in [-0.2, -0.15) is 0 Å². The van der Waals surface area contributed by atoms with Crippen LogP contribution in [0.2, 0.25) is 0 Å². The maximum absolute atomic E-state index is 13.6. The van der Waals surface area contributed by atoms with Crippen LogP contribution in [0.3, 0.4) is 0 Å². The maximum atomic E-state index is 13.6. The van der Waals surface area contributed by atoms with Gasteiger partial charge in [0.15, 0.2) is 0 Å². The average Bonchev–Trinajstić information content (AvgIpc) is 3.07. The standard InChI is InChI=1S/C37H40N4O6S/c1-25-8-7-11-31(24-25)41-48(46,47)33-13-6-5-12-32(33)39-37(45)40-35(28-16-14-27(15-17-28)26-9-3-2-4-10-26)29-18-20-30(21-19-29)36(44)38-23-22-34(42)43/h5-8,11-21,24,26,35,41H,2-4,9-10,22-23H2,1H3,(H,38,44)(H,42,43)(H2,39,40,45). The van der Waals surface area contributed by atoms with E-state index in [4.69, 9.17) is 5.11 Å². The maximum Gasteiger partial charge on any atom is 0.320 e. The molecule has 1 aliphatic rings. The van der Waals surface area contributed by atoms with Crippen molar-refractivity contribution in [3.8, 4) is 0 Å². The van der Waals surface area contributed by atoms with E-state index in [1.165, 1.54) is 37.0 Å². The summed E-state index contributed by atoms with van der Waals surface area (Å²) < 4.78 is 29.4. The molecule has 4 aromatic rings. The van der Waals surface area contributed by atoms with Gasteiger partial charge in [0, 0.05) is 17.8 Å². The molecule has 0 bridgehead atoms. The highest BCUT2D eigenvalue weighted by Gasteiger charge is 2.23. The molecule has 0 aliphatic heterocycles. The Balaban J connectivity index is 1.38. The summed E-state index contributed by atoms with van der Waals surface area (Å²) in [6.45, 7) is 1.87. The molecule has 4 aromatic carbocycles. The number of amides is 3. The predicted molar refractivity (Wildman–Crippen MR) is 186 cm³/mol. The van der Waals surface area contributed by atoms with Gasteiger partial charge >= 0.3 is 12.0 Å². The van der Waals surface area contributed by atoms with Crippen LogP contribution in [0.15, 0.2) is 102 Å². The molecule has 11 heteroatoms. The van der Waals surface area contributed by atoms with Gasteiger partial charge in [0.25, 0.3) is 15.9 Å². The van der Waals surface area contributed by atoms with Crippen molar-refractivity contribution in [1.29, 1.82) is 0 Å². The van der Waals surface area contributed by atoms with Crippen LogP contribution in [0.1, 0.15) is 83.1 Å². The molecule has 5 rings (SSSR count). The van der Waals surface area contributed by atoms with E-state index in [1.54, 1.807) is 54.6 Å². The Morgan fingerprint density at radius 1 is 0.833 bits per heavy atom. The van der Waals surface area contributed by atoms with Gasteiger partial charge < -0.3 is 21.1 Å². The largest absolute Gasteiger partial charge is 0.481 e. The highest BCUT2D eigenvalue weighted by atomic mass is 32.2. The number of para-hydroxylation sites is 1. The Morgan fingerprint density at radius 2 is 1.50 bits per heavy atom. The highest BCUT2D eigenvalue weighted by Crippen LogP contribution is 2.34. The van der Waals surface area contributed by atoms with E-state index in [1.807, 2.05) is 25.1 Å². The number of benzene rings is 4. The van der Waals surface area contributed by atoms with Crippen LogP contribution in [0.25, 0.3) is 0 Å². The average molecular weight is 669 g/mol. The second-order valence-electron chi connectivity index (χ2n) is 12.0. The second kappa shape index (κ2) is 15.6. The highest BCUT2D eigenvalue weighted by molar-refractivity contribution is 7.92. The number of hydrogen-bond donors (Lipinski definition) is 5. The van der Waals surface area contributed by atoms with Gasteiger partial charge in [0.05, 0.1) is 18.2 Å². The van der Waals surface area contributed by atoms with Crippen molar-refractivity contribution in [3.63, 3.8) is 0 Å². The zero-order valence-electron chi connectivity index (χ0n) is 26.7. The molecule has 0 heterocycles. The van der Waals surface area contributed by atoms with Crippen molar-refractivity contribution in [3.05, 3.63) is 125 Å². The number of carbonyl (C=O) groups is 3. The number of carbonyl (C=O) groups excluding carboxylic acids is 2. The van der Waals surface area contributed by atoms with Gasteiger partial charge in [-0.1, -0.05) is 79.9 Å². The summed E-state index contributed by atoms with van der Waals surface area (Å²) in [5.74, 6) is -0.901. The number of rotatable bonds is 12. The molecule has 1 saturated carbocycles. The van der Waals surface area contributed by atoms with Gasteiger partial charge in [-0.05, 0) is 84.3 Å². The van der Waals surface area contributed by atoms with E-state index in [-0.39, 0.29) is 23.5 Å². The van der Waals surface area contributed by atoms with Gasteiger partial charge in [0.2, 0.25) is 0 Å². The van der Waals surface area contributed by atoms with Crippen LogP contribution < -0.4 is 20.7 Å². The Hall–Kier alpha value is -5.16. The Morgan fingerprint density at radius 3 is 2.17 bits per heavy atom. The van der Waals surface area contributed by atoms with Crippen molar-refractivity contribution < 1.29 is 27.9 Å². The number of carboxylic acid groups (broad SMARTS) is 1. The molecular formula is C37H40N4O6S. The fraction of sp³-hybridized carbons (Fsp3) is 0.270. The summed E-state index contributed by atoms with van der Waals surface area (Å²) in [6, 6.07) is 26.8. The molecule has 0 saturated heterocycles. The summed E-state index contributed by atoms with van der Waals surface area (Å²) in [4.78, 5) is 36.8. The summed E-state index contributed by atoms with van der Waals surface area (Å²) in [5.41, 5.74) is 4.52. The Bertz CT molecular complexity index is 1850. The first-order valence-electron chi connectivity index (χ1n) is 16.0. The van der Waals surface area contributed by atoms with Crippen LogP contribution in [-0.4, -0.2) is 38.0 Å². The molecule has 48 heavy (non-hydrogen) atoms. The molecule has 1 fully saturated rings. The van der Waals surface area contributed by atoms with E-state index >= 15 is 0 Å². The van der Waals surface area contributed by atoms with Gasteiger partial charge in [-0.15, -0.1) is 0 Å². The third kappa shape index (κ3) is 9.01. The number of aryl methyl sites for hydroxylation is 1. The smallest absolute Gasteiger partial charge is 0.320 e. The number of anilines is 2. The number of sulfonamides is 1. The first-order chi connectivity index (χ1) is 23.1. The monoisotopic (exact) mass is 668 g/mol. The SMILES string of the molecule is Cc1cccc(NS(=O)(=O)c2ccccc2NC(=O)NC(c2ccc(C(=O)NCCC(=O)O)cc2)c2ccc(C3CCCCC3)cc2)c1. The molecule has 1 unspecified atom stereocenters. The van der Waals surface area contributed by atoms with Crippen molar-refractivity contribution in [1.82, 2.24) is 10.6 Å². The molecule has 250 valence electrons. The minimum Gasteiger partial charge on any atom is -0.481 e. The van der Waals surface area contributed by atoms with E-state index in [9.17, 15) is 22.8 Å². The fourth-order valence-corrected chi connectivity index (χ4v) is 7.19. The lowest BCUT2D eigenvalue weighted by atomic mass is 9.83. The molecule has 0 aromatic heterocycles. The molecule has 5 N–H and O–H groups in total. The fourth-order valence-electron chi connectivity index (χ4n) is 5.98. The first-order valence-corrected chi connectivity index (χ1v) is 17.5. The predicted octanol–water partition coefficient (Wildman–Crippen LogP) is 6.96. The molecule has 1 atom stereocenters. The van der Waals surface area contributed by atoms with E-state index in [2.05, 4.69) is 32.8 Å². The van der Waals surface area contributed by atoms with Crippen LogP contribution in [-0.2, 0) is 14.8 Å². The van der Waals surface area contributed by atoms with E-state index in [0.29, 0.717) is 22.7 Å². The number of hydrogen-bond acceptors (Lipinski definition) is 5. The lowest BCUT2D eigenvalue weighted by molar-refractivity contribution is -0.136. The summed E-state index contributed by atoms with van der Waals surface area (Å²) >= 11 is 0. The lowest BCUT2D eigenvalue weighted by Gasteiger charge is -2.24. The van der Waals surface area contributed by atoms with Crippen molar-refractivity contribution in [2.24, 2.45) is 0 Å². The number of urea groups is 1. The van der Waals surface area contributed by atoms with Crippen LogP contribution in [0.5, 0.6) is 0 Å². The van der Waals surface area contributed by atoms with Crippen LogP contribution in [0.4, 0.5) is 16.2 Å². The van der Waals surface area contributed by atoms with Crippen molar-refractivity contribution in [2.75, 3.05) is 16.6 Å². The minimum absolute atomic E-state index is 0.00527. The van der Waals surface area contributed by atoms with E-state index < -0.39 is 34.0 Å². The van der Waals surface area contributed by atoms with Crippen LogP contribution >= 0.6 is 0 Å². The van der Waals surface area contributed by atoms with Gasteiger partial charge in [-0.25, -0.2) is 13.2 Å². The normalized spacial score (nSPS) is 14.0.